The number of hydrogen-bond acceptors (Lipinski definition) is 4. The van der Waals surface area contributed by atoms with Gasteiger partial charge >= 0.3 is 0 Å². The molecule has 0 fully saturated rings. The van der Waals surface area contributed by atoms with E-state index < -0.39 is 15.6 Å². The molecule has 7 heteroatoms. The zero-order chi connectivity index (χ0) is 15.6. The highest BCUT2D eigenvalue weighted by Crippen LogP contribution is 2.26. The molecule has 0 radical (unpaired) electrons. The third kappa shape index (κ3) is 3.85. The Balaban J connectivity index is 3.01. The summed E-state index contributed by atoms with van der Waals surface area (Å²) in [7, 11) is -3.75. The van der Waals surface area contributed by atoms with Gasteiger partial charge < -0.3 is 10.8 Å². The lowest BCUT2D eigenvalue weighted by Gasteiger charge is -2.25. The molecule has 0 amide bonds. The summed E-state index contributed by atoms with van der Waals surface area (Å²) >= 11 is 5.95. The fraction of sp³-hybridized carbons (Fsp3) is 0.538. The maximum atomic E-state index is 12.2. The maximum Gasteiger partial charge on any atom is 0.240 e. The number of nitrogen functional groups attached to an aromatic ring is 1. The van der Waals surface area contributed by atoms with Gasteiger partial charge in [-0.05, 0) is 37.5 Å². The van der Waals surface area contributed by atoms with Gasteiger partial charge in [0.2, 0.25) is 10.0 Å². The number of benzene rings is 1. The number of aliphatic hydroxyl groups is 1. The lowest BCUT2D eigenvalue weighted by Crippen LogP contribution is -2.42. The minimum atomic E-state index is -3.75. The van der Waals surface area contributed by atoms with Crippen molar-refractivity contribution in [2.75, 3.05) is 12.3 Å². The van der Waals surface area contributed by atoms with E-state index in [0.29, 0.717) is 29.1 Å². The molecule has 0 saturated carbocycles. The highest BCUT2D eigenvalue weighted by molar-refractivity contribution is 7.89. The minimum absolute atomic E-state index is 0.000145. The number of rotatable bonds is 6. The number of nitrogens with one attached hydrogen (secondary N) is 1. The van der Waals surface area contributed by atoms with Crippen LogP contribution >= 0.6 is 11.6 Å². The van der Waals surface area contributed by atoms with E-state index in [1.54, 1.807) is 20.8 Å². The van der Waals surface area contributed by atoms with Crippen LogP contribution in [0.1, 0.15) is 32.3 Å². The topological polar surface area (TPSA) is 92.4 Å². The number of anilines is 1. The highest BCUT2D eigenvalue weighted by Gasteiger charge is 2.26. The third-order valence-corrected chi connectivity index (χ3v) is 5.35. The lowest BCUT2D eigenvalue weighted by molar-refractivity contribution is 0.0377. The Labute approximate surface area is 125 Å². The molecule has 1 aromatic carbocycles. The second kappa shape index (κ2) is 6.30. The Morgan fingerprint density at radius 1 is 1.35 bits per heavy atom. The van der Waals surface area contributed by atoms with Gasteiger partial charge in [0.25, 0.3) is 0 Å². The predicted molar refractivity (Wildman–Crippen MR) is 81.3 cm³/mol. The van der Waals surface area contributed by atoms with Gasteiger partial charge in [0.05, 0.1) is 10.5 Å². The molecule has 0 spiro atoms. The van der Waals surface area contributed by atoms with Crippen molar-refractivity contribution in [2.45, 2.75) is 44.1 Å². The van der Waals surface area contributed by atoms with Crippen molar-refractivity contribution in [1.82, 2.24) is 4.72 Å². The van der Waals surface area contributed by atoms with Crippen molar-refractivity contribution in [3.63, 3.8) is 0 Å². The molecule has 4 N–H and O–H groups in total. The van der Waals surface area contributed by atoms with Gasteiger partial charge in [-0.1, -0.05) is 25.4 Å². The van der Waals surface area contributed by atoms with Crippen LogP contribution in [0.4, 0.5) is 5.69 Å². The van der Waals surface area contributed by atoms with Crippen molar-refractivity contribution in [3.8, 4) is 0 Å². The van der Waals surface area contributed by atoms with Crippen molar-refractivity contribution in [2.24, 2.45) is 0 Å². The van der Waals surface area contributed by atoms with Gasteiger partial charge in [-0.2, -0.15) is 0 Å². The highest BCUT2D eigenvalue weighted by atomic mass is 35.5. The van der Waals surface area contributed by atoms with Gasteiger partial charge in [-0.15, -0.1) is 0 Å². The molecule has 0 aliphatic carbocycles. The number of halogens is 1. The number of sulfonamides is 1. The van der Waals surface area contributed by atoms with Crippen molar-refractivity contribution in [3.05, 3.63) is 22.7 Å². The molecule has 1 aromatic rings. The Hall–Kier alpha value is -0.820. The monoisotopic (exact) mass is 320 g/mol. The minimum Gasteiger partial charge on any atom is -0.398 e. The molecule has 0 heterocycles. The van der Waals surface area contributed by atoms with Gasteiger partial charge in [-0.25, -0.2) is 13.1 Å². The van der Waals surface area contributed by atoms with Crippen LogP contribution in [0.5, 0.6) is 0 Å². The fourth-order valence-electron chi connectivity index (χ4n) is 1.64. The summed E-state index contributed by atoms with van der Waals surface area (Å²) in [6.07, 6.45) is 0.922. The third-order valence-electron chi connectivity index (χ3n) is 3.58. The van der Waals surface area contributed by atoms with Gasteiger partial charge in [0.15, 0.2) is 0 Å². The van der Waals surface area contributed by atoms with Crippen molar-refractivity contribution in [1.29, 1.82) is 0 Å². The standard InChI is InChI=1S/C13H21ClN2O3S/c1-4-13(17,5-2)8-16-20(18,19)10-6-11(14)9(3)12(15)7-10/h6-7,16-17H,4-5,8,15H2,1-3H3. The molecule has 114 valence electrons. The first kappa shape index (κ1) is 17.2. The van der Waals surface area contributed by atoms with Crippen LogP contribution in [-0.4, -0.2) is 25.7 Å². The summed E-state index contributed by atoms with van der Waals surface area (Å²) in [5.41, 5.74) is 5.64. The van der Waals surface area contributed by atoms with E-state index in [0.717, 1.165) is 0 Å². The lowest BCUT2D eigenvalue weighted by atomic mass is 9.98. The van der Waals surface area contributed by atoms with E-state index in [2.05, 4.69) is 4.72 Å². The summed E-state index contributed by atoms with van der Waals surface area (Å²) in [4.78, 5) is 0.000145. The normalized spacial score (nSPS) is 12.7. The smallest absolute Gasteiger partial charge is 0.240 e. The first-order chi connectivity index (χ1) is 9.15. The molecule has 0 aliphatic rings. The van der Waals surface area contributed by atoms with Gasteiger partial charge in [0.1, 0.15) is 0 Å². The molecule has 0 unspecified atom stereocenters. The molecular weight excluding hydrogens is 300 g/mol. The molecular formula is C13H21ClN2O3S. The van der Waals surface area contributed by atoms with Crippen LogP contribution < -0.4 is 10.5 Å². The molecule has 0 aliphatic heterocycles. The molecule has 5 nitrogen and oxygen atoms in total. The first-order valence-corrected chi connectivity index (χ1v) is 8.29. The Bertz CT molecular complexity index is 560. The zero-order valence-electron chi connectivity index (χ0n) is 11.9. The van der Waals surface area contributed by atoms with Crippen LogP contribution in [0.2, 0.25) is 5.02 Å². The van der Waals surface area contributed by atoms with Crippen LogP contribution in [-0.2, 0) is 10.0 Å². The van der Waals surface area contributed by atoms with E-state index in [9.17, 15) is 13.5 Å². The van der Waals surface area contributed by atoms with Crippen molar-refractivity contribution >= 4 is 27.3 Å². The van der Waals surface area contributed by atoms with E-state index in [-0.39, 0.29) is 11.4 Å². The van der Waals surface area contributed by atoms with E-state index in [1.807, 2.05) is 0 Å². The maximum absolute atomic E-state index is 12.2. The summed E-state index contributed by atoms with van der Waals surface area (Å²) in [5, 5.41) is 10.4. The summed E-state index contributed by atoms with van der Waals surface area (Å²) in [6.45, 7) is 5.28. The number of nitrogens with two attached hydrogens (primary N) is 1. The summed E-state index contributed by atoms with van der Waals surface area (Å²) < 4.78 is 26.8. The largest absolute Gasteiger partial charge is 0.398 e. The van der Waals surface area contributed by atoms with Crippen LogP contribution in [0.3, 0.4) is 0 Å². The first-order valence-electron chi connectivity index (χ1n) is 6.43. The second-order valence-electron chi connectivity index (χ2n) is 4.88. The Morgan fingerprint density at radius 3 is 2.35 bits per heavy atom. The average Bonchev–Trinajstić information content (AvgIpc) is 2.41. The second-order valence-corrected chi connectivity index (χ2v) is 7.05. The van der Waals surface area contributed by atoms with E-state index >= 15 is 0 Å². The molecule has 0 aromatic heterocycles. The molecule has 20 heavy (non-hydrogen) atoms. The Morgan fingerprint density at radius 2 is 1.90 bits per heavy atom. The summed E-state index contributed by atoms with van der Waals surface area (Å²) in [6, 6.07) is 2.72. The molecule has 1 rings (SSSR count). The Kier molecular flexibility index (Phi) is 5.43. The van der Waals surface area contributed by atoms with E-state index in [4.69, 9.17) is 17.3 Å². The van der Waals surface area contributed by atoms with Crippen LogP contribution in [0.15, 0.2) is 17.0 Å². The quantitative estimate of drug-likeness (QED) is 0.699. The summed E-state index contributed by atoms with van der Waals surface area (Å²) in [5.74, 6) is 0. The molecule has 0 bridgehead atoms. The van der Waals surface area contributed by atoms with Crippen LogP contribution in [0, 0.1) is 6.92 Å². The SMILES string of the molecule is CCC(O)(CC)CNS(=O)(=O)c1cc(N)c(C)c(Cl)c1. The zero-order valence-corrected chi connectivity index (χ0v) is 13.5. The van der Waals surface area contributed by atoms with Gasteiger partial charge in [0, 0.05) is 17.3 Å². The van der Waals surface area contributed by atoms with E-state index in [1.165, 1.54) is 12.1 Å². The van der Waals surface area contributed by atoms with Crippen molar-refractivity contribution < 1.29 is 13.5 Å². The number of hydrogen-bond donors (Lipinski definition) is 3. The molecule has 0 atom stereocenters. The average molecular weight is 321 g/mol. The fourth-order valence-corrected chi connectivity index (χ4v) is 3.11. The molecule has 0 saturated heterocycles. The van der Waals surface area contributed by atoms with Gasteiger partial charge in [-0.3, -0.25) is 0 Å². The predicted octanol–water partition coefficient (Wildman–Crippen LogP) is 2.06. The van der Waals surface area contributed by atoms with Crippen LogP contribution in [0.25, 0.3) is 0 Å².